The Balaban J connectivity index is 1.60. The number of allylic oxidation sites excluding steroid dienone is 1. The first kappa shape index (κ1) is 33.5. The third kappa shape index (κ3) is 7.42. The lowest BCUT2D eigenvalue weighted by molar-refractivity contribution is -0.143. The van der Waals surface area contributed by atoms with Crippen molar-refractivity contribution in [2.75, 3.05) is 26.9 Å². The summed E-state index contributed by atoms with van der Waals surface area (Å²) < 4.78 is 29.6. The van der Waals surface area contributed by atoms with Crippen LogP contribution >= 0.6 is 22.9 Å². The lowest BCUT2D eigenvalue weighted by atomic mass is 9.95. The minimum Gasteiger partial charge on any atom is -0.490 e. The number of carbonyl (C=O) groups excluding carboxylic acids is 2. The molecule has 1 aliphatic rings. The van der Waals surface area contributed by atoms with Crippen molar-refractivity contribution in [2.24, 2.45) is 4.99 Å². The third-order valence-electron chi connectivity index (χ3n) is 7.22. The fraction of sp³-hybridized carbons (Fsp3) is 0.257. The van der Waals surface area contributed by atoms with Crippen LogP contribution in [0.4, 0.5) is 0 Å². The molecule has 0 fully saturated rings. The maximum Gasteiger partial charge on any atom is 0.343 e. The molecule has 1 aromatic heterocycles. The second kappa shape index (κ2) is 15.1. The average molecular weight is 677 g/mol. The Morgan fingerprint density at radius 1 is 0.957 bits per heavy atom. The van der Waals surface area contributed by atoms with Crippen LogP contribution in [0.3, 0.4) is 0 Å². The molecule has 3 aromatic carbocycles. The van der Waals surface area contributed by atoms with Crippen LogP contribution in [0.25, 0.3) is 6.08 Å². The molecule has 4 aromatic rings. The lowest BCUT2D eigenvalue weighted by Crippen LogP contribution is -2.40. The van der Waals surface area contributed by atoms with Crippen LogP contribution in [0.2, 0.25) is 5.02 Å². The lowest BCUT2D eigenvalue weighted by Gasteiger charge is -2.25. The number of ether oxygens (including phenoxy) is 5. The van der Waals surface area contributed by atoms with Gasteiger partial charge in [-0.05, 0) is 56.7 Å². The van der Waals surface area contributed by atoms with Crippen molar-refractivity contribution in [1.29, 1.82) is 0 Å². The number of nitrogens with zero attached hydrogens (tertiary/aromatic N) is 2. The second-order valence-electron chi connectivity index (χ2n) is 10.2. The van der Waals surface area contributed by atoms with Crippen molar-refractivity contribution in [3.05, 3.63) is 119 Å². The van der Waals surface area contributed by atoms with E-state index in [2.05, 4.69) is 9.73 Å². The first-order valence-corrected chi connectivity index (χ1v) is 16.1. The number of rotatable bonds is 12. The highest BCUT2D eigenvalue weighted by atomic mass is 35.5. The van der Waals surface area contributed by atoms with E-state index in [4.69, 9.17) is 30.5 Å². The van der Waals surface area contributed by atoms with Gasteiger partial charge in [-0.1, -0.05) is 65.4 Å². The van der Waals surface area contributed by atoms with Gasteiger partial charge in [0, 0.05) is 16.1 Å². The van der Waals surface area contributed by atoms with E-state index in [0.29, 0.717) is 55.0 Å². The van der Waals surface area contributed by atoms with E-state index in [-0.39, 0.29) is 31.0 Å². The molecule has 0 saturated carbocycles. The van der Waals surface area contributed by atoms with Crippen LogP contribution in [-0.2, 0) is 25.7 Å². The Morgan fingerprint density at radius 2 is 1.72 bits per heavy atom. The van der Waals surface area contributed by atoms with E-state index in [1.165, 1.54) is 23.0 Å². The van der Waals surface area contributed by atoms with Gasteiger partial charge in [0.1, 0.15) is 12.4 Å². The number of aromatic nitrogens is 1. The van der Waals surface area contributed by atoms with Gasteiger partial charge in [0.25, 0.3) is 5.56 Å². The zero-order chi connectivity index (χ0) is 33.5. The number of carbonyl (C=O) groups is 2. The maximum atomic E-state index is 14.2. The monoisotopic (exact) mass is 676 g/mol. The van der Waals surface area contributed by atoms with Gasteiger partial charge < -0.3 is 23.7 Å². The Hall–Kier alpha value is -4.87. The van der Waals surface area contributed by atoms with Gasteiger partial charge in [-0.15, -0.1) is 0 Å². The maximum absolute atomic E-state index is 14.2. The molecule has 1 atom stereocenters. The van der Waals surface area contributed by atoms with Crippen molar-refractivity contribution in [2.45, 2.75) is 33.4 Å². The average Bonchev–Trinajstić information content (AvgIpc) is 3.37. The third-order valence-corrected chi connectivity index (χ3v) is 8.57. The van der Waals surface area contributed by atoms with Crippen LogP contribution in [0.15, 0.2) is 87.8 Å². The smallest absolute Gasteiger partial charge is 0.343 e. The van der Waals surface area contributed by atoms with E-state index in [1.807, 2.05) is 49.4 Å². The minimum absolute atomic E-state index is 0.141. The number of halogens is 1. The predicted molar refractivity (Wildman–Crippen MR) is 178 cm³/mol. The molecule has 0 bridgehead atoms. The summed E-state index contributed by atoms with van der Waals surface area (Å²) in [4.78, 5) is 44.4. The van der Waals surface area contributed by atoms with Crippen molar-refractivity contribution >= 4 is 41.0 Å². The summed E-state index contributed by atoms with van der Waals surface area (Å²) in [6.45, 7) is 5.61. The topological polar surface area (TPSA) is 115 Å². The molecule has 0 N–H and O–H groups in total. The van der Waals surface area contributed by atoms with Crippen LogP contribution < -0.4 is 29.1 Å². The van der Waals surface area contributed by atoms with Gasteiger partial charge in [0.15, 0.2) is 22.9 Å². The normalized spacial score (nSPS) is 14.2. The molecule has 0 saturated heterocycles. The van der Waals surface area contributed by atoms with E-state index in [9.17, 15) is 14.4 Å². The Kier molecular flexibility index (Phi) is 10.8. The van der Waals surface area contributed by atoms with Crippen molar-refractivity contribution < 1.29 is 33.3 Å². The number of methoxy groups -OCH3 is 1. The molecule has 47 heavy (non-hydrogen) atoms. The molecular formula is C35H33ClN2O8S. The van der Waals surface area contributed by atoms with Crippen LogP contribution in [0.1, 0.15) is 43.5 Å². The number of hydrogen-bond donors (Lipinski definition) is 0. The van der Waals surface area contributed by atoms with Crippen molar-refractivity contribution in [1.82, 2.24) is 4.57 Å². The first-order chi connectivity index (χ1) is 22.7. The van der Waals surface area contributed by atoms with Crippen molar-refractivity contribution in [3.63, 3.8) is 0 Å². The van der Waals surface area contributed by atoms with Gasteiger partial charge in [0.05, 0.1) is 42.2 Å². The number of esters is 2. The molecule has 10 nitrogen and oxygen atoms in total. The van der Waals surface area contributed by atoms with Gasteiger partial charge in [-0.2, -0.15) is 0 Å². The highest BCUT2D eigenvalue weighted by Crippen LogP contribution is 2.36. The summed E-state index contributed by atoms with van der Waals surface area (Å²) in [6, 6.07) is 19.0. The van der Waals surface area contributed by atoms with Gasteiger partial charge in [-0.3, -0.25) is 9.36 Å². The Bertz CT molecular complexity index is 2020. The summed E-state index contributed by atoms with van der Waals surface area (Å²) in [6.07, 6.45) is 1.75. The number of fused-ring (bicyclic) bond motifs is 1. The van der Waals surface area contributed by atoms with Gasteiger partial charge in [-0.25, -0.2) is 14.6 Å². The summed E-state index contributed by atoms with van der Waals surface area (Å²) in [5.41, 5.74) is 2.38. The molecule has 0 amide bonds. The molecule has 0 aliphatic carbocycles. The van der Waals surface area contributed by atoms with Gasteiger partial charge in [0.2, 0.25) is 0 Å². The zero-order valence-corrected chi connectivity index (χ0v) is 27.9. The van der Waals surface area contributed by atoms with E-state index < -0.39 is 18.0 Å². The quantitative estimate of drug-likeness (QED) is 0.193. The number of benzene rings is 3. The predicted octanol–water partition coefficient (Wildman–Crippen LogP) is 4.98. The molecule has 0 radical (unpaired) electrons. The van der Waals surface area contributed by atoms with Crippen molar-refractivity contribution in [3.8, 4) is 17.2 Å². The van der Waals surface area contributed by atoms with E-state index in [0.717, 1.165) is 5.56 Å². The second-order valence-corrected chi connectivity index (χ2v) is 11.6. The SMILES string of the molecule is CCOC(=O)C1=C(C)N=c2s/c(=C/c3ccccc3OCc3ccccc3Cl)c(=O)n2[C@H]1c1ccc(OCC(=O)OC)c(OCC)c1. The first-order valence-electron chi connectivity index (χ1n) is 14.9. The zero-order valence-electron chi connectivity index (χ0n) is 26.3. The fourth-order valence-corrected chi connectivity index (χ4v) is 6.26. The highest BCUT2D eigenvalue weighted by molar-refractivity contribution is 7.07. The molecule has 12 heteroatoms. The van der Waals surface area contributed by atoms with Crippen LogP contribution in [0.5, 0.6) is 17.2 Å². The minimum atomic E-state index is -0.881. The summed E-state index contributed by atoms with van der Waals surface area (Å²) in [5, 5.41) is 0.599. The Labute approximate surface area is 280 Å². The molecule has 0 unspecified atom stereocenters. The van der Waals surface area contributed by atoms with Crippen LogP contribution in [0, 0.1) is 0 Å². The molecular weight excluding hydrogens is 644 g/mol. The summed E-state index contributed by atoms with van der Waals surface area (Å²) in [7, 11) is 1.27. The fourth-order valence-electron chi connectivity index (χ4n) is 5.03. The van der Waals surface area contributed by atoms with Gasteiger partial charge >= 0.3 is 11.9 Å². The van der Waals surface area contributed by atoms with Crippen LogP contribution in [-0.4, -0.2) is 43.4 Å². The summed E-state index contributed by atoms with van der Waals surface area (Å²) in [5.74, 6) is 0.0683. The molecule has 5 rings (SSSR count). The number of para-hydroxylation sites is 1. The molecule has 1 aliphatic heterocycles. The molecule has 2 heterocycles. The molecule has 244 valence electrons. The standard InChI is InChI=1S/C35H33ClN2O8S/c1-5-43-28-17-23(15-16-27(28)46-20-30(39)42-4)32-31(34(41)44-6-2)21(3)37-35-38(32)33(40)29(47-35)18-22-11-8-10-14-26(22)45-19-24-12-7-9-13-25(24)36/h7-18,32H,5-6,19-20H2,1-4H3/b29-18+/t32-/m0/s1. The number of hydrogen-bond acceptors (Lipinski definition) is 10. The van der Waals surface area contributed by atoms with E-state index in [1.54, 1.807) is 44.2 Å². The number of thiazole rings is 1. The largest absolute Gasteiger partial charge is 0.490 e. The van der Waals surface area contributed by atoms with E-state index >= 15 is 0 Å². The highest BCUT2D eigenvalue weighted by Gasteiger charge is 2.34. The summed E-state index contributed by atoms with van der Waals surface area (Å²) >= 11 is 7.53. The molecule has 0 spiro atoms. The Morgan fingerprint density at radius 3 is 2.47 bits per heavy atom.